The Bertz CT molecular complexity index is 1110. The number of rotatable bonds is 4. The quantitative estimate of drug-likeness (QED) is 0.717. The summed E-state index contributed by atoms with van der Waals surface area (Å²) in [6.07, 6.45) is 6.33. The molecule has 27 heavy (non-hydrogen) atoms. The zero-order valence-electron chi connectivity index (χ0n) is 15.5. The van der Waals surface area contributed by atoms with Crippen LogP contribution in [0.3, 0.4) is 0 Å². The lowest BCUT2D eigenvalue weighted by Crippen LogP contribution is -2.33. The Morgan fingerprint density at radius 3 is 2.63 bits per heavy atom. The van der Waals surface area contributed by atoms with E-state index < -0.39 is 10.0 Å². The highest BCUT2D eigenvalue weighted by atomic mass is 32.2. The molecule has 4 heterocycles. The largest absolute Gasteiger partial charge is 0.476 e. The molecule has 0 amide bonds. The molecule has 1 aliphatic heterocycles. The number of fused-ring (bicyclic) bond motifs is 1. The summed E-state index contributed by atoms with van der Waals surface area (Å²) in [5.74, 6) is 0.258. The fourth-order valence-electron chi connectivity index (χ4n) is 3.03. The molecule has 3 aromatic rings. The molecule has 0 saturated heterocycles. The maximum atomic E-state index is 13.0. The van der Waals surface area contributed by atoms with Gasteiger partial charge < -0.3 is 4.74 Å². The molecule has 0 spiro atoms. The summed E-state index contributed by atoms with van der Waals surface area (Å²) in [6.45, 7) is 5.10. The van der Waals surface area contributed by atoms with Crippen LogP contribution in [0.25, 0.3) is 11.3 Å². The standard InChI is InChI=1S/C16H21N7O3S/c1-16(2)9-23-15(26-10-16)13(6-18-23)27(24,25)20-12-8-22(4)19-14(12)11-5-17-21(3)7-11/h5-8,20H,9-10H2,1-4H3. The van der Waals surface area contributed by atoms with E-state index in [2.05, 4.69) is 20.0 Å². The Morgan fingerprint density at radius 2 is 1.93 bits per heavy atom. The molecule has 1 N–H and O–H groups in total. The molecule has 0 radical (unpaired) electrons. The maximum Gasteiger partial charge on any atom is 0.269 e. The van der Waals surface area contributed by atoms with Crippen LogP contribution in [0.1, 0.15) is 13.8 Å². The lowest BCUT2D eigenvalue weighted by molar-refractivity contribution is 0.0971. The number of nitrogens with one attached hydrogen (secondary N) is 1. The lowest BCUT2D eigenvalue weighted by atomic mass is 9.94. The Balaban J connectivity index is 1.69. The zero-order chi connectivity index (χ0) is 19.4. The van der Waals surface area contributed by atoms with Crippen molar-refractivity contribution in [2.24, 2.45) is 19.5 Å². The second-order valence-corrected chi connectivity index (χ2v) is 9.15. The second-order valence-electron chi connectivity index (χ2n) is 7.50. The van der Waals surface area contributed by atoms with Crippen molar-refractivity contribution in [2.75, 3.05) is 11.3 Å². The van der Waals surface area contributed by atoms with Crippen molar-refractivity contribution in [3.05, 3.63) is 24.8 Å². The molecule has 3 aromatic heterocycles. The van der Waals surface area contributed by atoms with Gasteiger partial charge in [0.1, 0.15) is 5.69 Å². The summed E-state index contributed by atoms with van der Waals surface area (Å²) in [4.78, 5) is 0.0130. The minimum absolute atomic E-state index is 0.0130. The van der Waals surface area contributed by atoms with Gasteiger partial charge >= 0.3 is 0 Å². The van der Waals surface area contributed by atoms with Crippen LogP contribution in [0.15, 0.2) is 29.7 Å². The minimum Gasteiger partial charge on any atom is -0.476 e. The van der Waals surface area contributed by atoms with E-state index in [0.29, 0.717) is 30.1 Å². The average molecular weight is 391 g/mol. The highest BCUT2D eigenvalue weighted by Gasteiger charge is 2.33. The first-order valence-electron chi connectivity index (χ1n) is 8.39. The van der Waals surface area contributed by atoms with Crippen LogP contribution < -0.4 is 9.46 Å². The second kappa shape index (κ2) is 5.84. The van der Waals surface area contributed by atoms with E-state index in [-0.39, 0.29) is 16.2 Å². The third-order valence-electron chi connectivity index (χ3n) is 4.28. The molecule has 4 rings (SSSR count). The van der Waals surface area contributed by atoms with E-state index in [4.69, 9.17) is 4.74 Å². The molecule has 1 aliphatic rings. The van der Waals surface area contributed by atoms with Crippen LogP contribution in [0, 0.1) is 5.41 Å². The number of aryl methyl sites for hydroxylation is 2. The summed E-state index contributed by atoms with van der Waals surface area (Å²) in [5, 5.41) is 12.7. The van der Waals surface area contributed by atoms with Gasteiger partial charge in [-0.1, -0.05) is 13.8 Å². The van der Waals surface area contributed by atoms with Gasteiger partial charge in [-0.3, -0.25) is 14.1 Å². The number of hydrogen-bond donors (Lipinski definition) is 1. The van der Waals surface area contributed by atoms with Gasteiger partial charge in [0.2, 0.25) is 5.88 Å². The van der Waals surface area contributed by atoms with Crippen LogP contribution in [0.4, 0.5) is 5.69 Å². The van der Waals surface area contributed by atoms with E-state index in [1.54, 1.807) is 46.7 Å². The third kappa shape index (κ3) is 3.18. The van der Waals surface area contributed by atoms with Gasteiger partial charge in [0.15, 0.2) is 4.90 Å². The van der Waals surface area contributed by atoms with E-state index in [9.17, 15) is 8.42 Å². The van der Waals surface area contributed by atoms with Crippen molar-refractivity contribution >= 4 is 15.7 Å². The van der Waals surface area contributed by atoms with Crippen molar-refractivity contribution in [3.8, 4) is 17.1 Å². The first-order valence-corrected chi connectivity index (χ1v) is 9.87. The molecule has 144 valence electrons. The average Bonchev–Trinajstić information content (AvgIpc) is 3.24. The monoisotopic (exact) mass is 391 g/mol. The van der Waals surface area contributed by atoms with Crippen molar-refractivity contribution in [2.45, 2.75) is 25.3 Å². The first-order chi connectivity index (χ1) is 12.6. The number of hydrogen-bond acceptors (Lipinski definition) is 6. The molecule has 0 fully saturated rings. The molecule has 0 aliphatic carbocycles. The highest BCUT2D eigenvalue weighted by molar-refractivity contribution is 7.92. The van der Waals surface area contributed by atoms with Crippen LogP contribution in [-0.4, -0.2) is 44.4 Å². The SMILES string of the molecule is Cn1cc(-c2nn(C)cc2NS(=O)(=O)c2cnn3c2OCC(C)(C)C3)cn1. The van der Waals surface area contributed by atoms with Gasteiger partial charge in [-0.05, 0) is 0 Å². The van der Waals surface area contributed by atoms with Gasteiger partial charge in [-0.25, -0.2) is 13.1 Å². The Hall–Kier alpha value is -2.82. The van der Waals surface area contributed by atoms with Gasteiger partial charge in [0.25, 0.3) is 10.0 Å². The molecular weight excluding hydrogens is 370 g/mol. The van der Waals surface area contributed by atoms with Gasteiger partial charge in [-0.15, -0.1) is 0 Å². The van der Waals surface area contributed by atoms with Gasteiger partial charge in [0.05, 0.1) is 31.2 Å². The van der Waals surface area contributed by atoms with Crippen molar-refractivity contribution in [1.29, 1.82) is 0 Å². The predicted octanol–water partition coefficient (Wildman–Crippen LogP) is 1.24. The summed E-state index contributed by atoms with van der Waals surface area (Å²) < 4.78 is 39.1. The van der Waals surface area contributed by atoms with E-state index in [0.717, 1.165) is 0 Å². The number of sulfonamides is 1. The normalized spacial score (nSPS) is 16.0. The maximum absolute atomic E-state index is 13.0. The smallest absolute Gasteiger partial charge is 0.269 e. The van der Waals surface area contributed by atoms with Crippen molar-refractivity contribution < 1.29 is 13.2 Å². The van der Waals surface area contributed by atoms with Gasteiger partial charge in [-0.2, -0.15) is 15.3 Å². The van der Waals surface area contributed by atoms with E-state index in [1.165, 1.54) is 6.20 Å². The number of nitrogens with zero attached hydrogens (tertiary/aromatic N) is 6. The Labute approximate surface area is 156 Å². The molecular formula is C16H21N7O3S. The fourth-order valence-corrected chi connectivity index (χ4v) is 4.16. The van der Waals surface area contributed by atoms with E-state index >= 15 is 0 Å². The predicted molar refractivity (Wildman–Crippen MR) is 97.7 cm³/mol. The molecule has 0 atom stereocenters. The van der Waals surface area contributed by atoms with Crippen LogP contribution >= 0.6 is 0 Å². The van der Waals surface area contributed by atoms with Crippen LogP contribution in [0.2, 0.25) is 0 Å². The lowest BCUT2D eigenvalue weighted by Gasteiger charge is -2.30. The number of aromatic nitrogens is 6. The van der Waals surface area contributed by atoms with Crippen LogP contribution in [-0.2, 0) is 30.7 Å². The summed E-state index contributed by atoms with van der Waals surface area (Å²) in [5.41, 5.74) is 1.47. The zero-order valence-corrected chi connectivity index (χ0v) is 16.4. The van der Waals surface area contributed by atoms with Crippen molar-refractivity contribution in [3.63, 3.8) is 0 Å². The van der Waals surface area contributed by atoms with Crippen molar-refractivity contribution in [1.82, 2.24) is 29.3 Å². The topological polar surface area (TPSA) is 109 Å². The summed E-state index contributed by atoms with van der Waals surface area (Å²) >= 11 is 0. The molecule has 11 heteroatoms. The highest BCUT2D eigenvalue weighted by Crippen LogP contribution is 2.35. The third-order valence-corrected chi connectivity index (χ3v) is 5.63. The molecule has 0 aromatic carbocycles. The minimum atomic E-state index is -3.90. The number of ether oxygens (including phenoxy) is 1. The molecule has 0 saturated carbocycles. The van der Waals surface area contributed by atoms with Crippen LogP contribution in [0.5, 0.6) is 5.88 Å². The summed E-state index contributed by atoms with van der Waals surface area (Å²) in [6, 6.07) is 0. The molecule has 0 bridgehead atoms. The number of anilines is 1. The Morgan fingerprint density at radius 1 is 1.15 bits per heavy atom. The first kappa shape index (κ1) is 17.6. The molecule has 10 nitrogen and oxygen atoms in total. The Kier molecular flexibility index (Phi) is 3.81. The van der Waals surface area contributed by atoms with Gasteiger partial charge in [0, 0.05) is 37.5 Å². The summed E-state index contributed by atoms with van der Waals surface area (Å²) in [7, 11) is -0.385. The molecule has 0 unspecified atom stereocenters. The van der Waals surface area contributed by atoms with E-state index in [1.807, 2.05) is 13.8 Å². The fraction of sp³-hybridized carbons (Fsp3) is 0.438.